The molecule has 0 radical (unpaired) electrons. The zero-order chi connectivity index (χ0) is 44.4. The van der Waals surface area contributed by atoms with Crippen LogP contribution >= 0.6 is 0 Å². The van der Waals surface area contributed by atoms with Crippen LogP contribution in [0.4, 0.5) is 0 Å². The topological polar surface area (TPSA) is 78.9 Å². The van der Waals surface area contributed by atoms with E-state index in [9.17, 15) is 14.4 Å². The maximum absolute atomic E-state index is 12.8. The third-order valence-electron chi connectivity index (χ3n) is 10.2. The number of carbonyl (C=O) groups is 3. The van der Waals surface area contributed by atoms with Gasteiger partial charge in [0.25, 0.3) is 0 Å². The Morgan fingerprint density at radius 1 is 0.344 bits per heavy atom. The smallest absolute Gasteiger partial charge is 0.306 e. The van der Waals surface area contributed by atoms with Crippen LogP contribution in [0.25, 0.3) is 0 Å². The van der Waals surface area contributed by atoms with Crippen molar-refractivity contribution < 1.29 is 28.6 Å². The number of hydrogen-bond acceptors (Lipinski definition) is 6. The monoisotopic (exact) mass is 847 g/mol. The van der Waals surface area contributed by atoms with E-state index in [0.717, 1.165) is 64.2 Å². The first-order valence-corrected chi connectivity index (χ1v) is 24.8. The van der Waals surface area contributed by atoms with Crippen LogP contribution in [-0.2, 0) is 28.6 Å². The van der Waals surface area contributed by atoms with Gasteiger partial charge in [-0.3, -0.25) is 14.4 Å². The Hall–Kier alpha value is -3.67. The summed E-state index contributed by atoms with van der Waals surface area (Å²) in [4.78, 5) is 37.8. The number of esters is 3. The van der Waals surface area contributed by atoms with Crippen molar-refractivity contribution in [1.82, 2.24) is 0 Å². The van der Waals surface area contributed by atoms with Gasteiger partial charge >= 0.3 is 17.9 Å². The molecule has 0 amide bonds. The van der Waals surface area contributed by atoms with Crippen LogP contribution in [0, 0.1) is 0 Å². The Balaban J connectivity index is 4.46. The first kappa shape index (κ1) is 57.3. The Morgan fingerprint density at radius 3 is 1.15 bits per heavy atom. The van der Waals surface area contributed by atoms with Crippen molar-refractivity contribution in [3.63, 3.8) is 0 Å². The van der Waals surface area contributed by atoms with Gasteiger partial charge in [0.05, 0.1) is 0 Å². The highest BCUT2D eigenvalue weighted by Crippen LogP contribution is 2.13. The first-order chi connectivity index (χ1) is 30.0. The maximum atomic E-state index is 12.8. The molecule has 0 aromatic carbocycles. The number of rotatable bonds is 43. The van der Waals surface area contributed by atoms with Gasteiger partial charge in [-0.05, 0) is 83.5 Å². The number of hydrogen-bond donors (Lipinski definition) is 0. The van der Waals surface area contributed by atoms with Crippen LogP contribution in [-0.4, -0.2) is 37.2 Å². The third kappa shape index (κ3) is 47.2. The van der Waals surface area contributed by atoms with E-state index in [1.807, 2.05) is 60.8 Å². The predicted molar refractivity (Wildman–Crippen MR) is 260 cm³/mol. The summed E-state index contributed by atoms with van der Waals surface area (Å²) in [6, 6.07) is 0. The number of unbranched alkanes of at least 4 members (excludes halogenated alkanes) is 21. The fourth-order valence-electron chi connectivity index (χ4n) is 6.47. The molecule has 346 valence electrons. The highest BCUT2D eigenvalue weighted by Gasteiger charge is 2.19. The molecule has 0 bridgehead atoms. The molecule has 0 aliphatic carbocycles. The SMILES string of the molecule is CC\C=C/C=C\C=C/C=C\C=C\C=C/CCCCCC(=O)OCC(COC(=O)CCC/C=C\CCCCCC)OC(=O)CCCCCCCCC/C=C\CCCCCCCC. The van der Waals surface area contributed by atoms with Gasteiger partial charge in [-0.15, -0.1) is 0 Å². The van der Waals surface area contributed by atoms with Gasteiger partial charge in [0, 0.05) is 19.3 Å². The average Bonchev–Trinajstić information content (AvgIpc) is 3.26. The summed E-state index contributed by atoms with van der Waals surface area (Å²) in [5, 5.41) is 0. The number of ether oxygens (including phenoxy) is 3. The van der Waals surface area contributed by atoms with E-state index >= 15 is 0 Å². The van der Waals surface area contributed by atoms with E-state index < -0.39 is 6.10 Å². The summed E-state index contributed by atoms with van der Waals surface area (Å²) in [6.07, 6.45) is 64.0. The molecule has 0 fully saturated rings. The Bertz CT molecular complexity index is 1250. The fraction of sp³-hybridized carbons (Fsp3) is 0.655. The molecule has 6 heteroatoms. The normalized spacial score (nSPS) is 12.9. The van der Waals surface area contributed by atoms with Gasteiger partial charge in [-0.2, -0.15) is 0 Å². The zero-order valence-electron chi connectivity index (χ0n) is 39.4. The minimum absolute atomic E-state index is 0.110. The summed E-state index contributed by atoms with van der Waals surface area (Å²) in [5.41, 5.74) is 0. The lowest BCUT2D eigenvalue weighted by Gasteiger charge is -2.18. The van der Waals surface area contributed by atoms with Crippen LogP contribution in [0.3, 0.4) is 0 Å². The van der Waals surface area contributed by atoms with Gasteiger partial charge in [-0.1, -0.05) is 208 Å². The molecule has 6 nitrogen and oxygen atoms in total. The van der Waals surface area contributed by atoms with Crippen molar-refractivity contribution in [3.8, 4) is 0 Å². The molecule has 0 aliphatic heterocycles. The number of allylic oxidation sites excluding steroid dienone is 16. The van der Waals surface area contributed by atoms with Crippen LogP contribution in [0.5, 0.6) is 0 Å². The summed E-state index contributed by atoms with van der Waals surface area (Å²) in [6.45, 7) is 6.37. The molecule has 0 N–H and O–H groups in total. The van der Waals surface area contributed by atoms with E-state index in [1.54, 1.807) is 0 Å². The molecule has 0 aromatic rings. The quantitative estimate of drug-likeness (QED) is 0.0200. The van der Waals surface area contributed by atoms with Crippen LogP contribution < -0.4 is 0 Å². The van der Waals surface area contributed by atoms with Crippen molar-refractivity contribution >= 4 is 17.9 Å². The van der Waals surface area contributed by atoms with E-state index in [0.29, 0.717) is 25.7 Å². The second-order valence-corrected chi connectivity index (χ2v) is 16.1. The molecule has 0 saturated carbocycles. The van der Waals surface area contributed by atoms with Gasteiger partial charge in [0.15, 0.2) is 6.10 Å². The lowest BCUT2D eigenvalue weighted by atomic mass is 10.1. The van der Waals surface area contributed by atoms with Crippen LogP contribution in [0.1, 0.15) is 213 Å². The lowest BCUT2D eigenvalue weighted by Crippen LogP contribution is -2.30. The molecule has 0 saturated heterocycles. The van der Waals surface area contributed by atoms with Crippen LogP contribution in [0.2, 0.25) is 0 Å². The Labute approximate surface area is 375 Å². The predicted octanol–water partition coefficient (Wildman–Crippen LogP) is 16.2. The summed E-state index contributed by atoms with van der Waals surface area (Å²) in [5.74, 6) is -0.997. The van der Waals surface area contributed by atoms with Crippen molar-refractivity contribution in [2.75, 3.05) is 13.2 Å². The van der Waals surface area contributed by atoms with Crippen molar-refractivity contribution in [3.05, 3.63) is 97.2 Å². The molecule has 0 spiro atoms. The largest absolute Gasteiger partial charge is 0.462 e. The highest BCUT2D eigenvalue weighted by atomic mass is 16.6. The lowest BCUT2D eigenvalue weighted by molar-refractivity contribution is -0.167. The molecule has 0 heterocycles. The molecule has 1 unspecified atom stereocenters. The summed E-state index contributed by atoms with van der Waals surface area (Å²) < 4.78 is 16.7. The minimum Gasteiger partial charge on any atom is -0.462 e. The Kier molecular flexibility index (Phi) is 46.0. The second kappa shape index (κ2) is 49.0. The first-order valence-electron chi connectivity index (χ1n) is 24.8. The van der Waals surface area contributed by atoms with Crippen LogP contribution in [0.15, 0.2) is 97.2 Å². The molecule has 1 atom stereocenters. The van der Waals surface area contributed by atoms with Gasteiger partial charge in [-0.25, -0.2) is 0 Å². The maximum Gasteiger partial charge on any atom is 0.306 e. The molecular formula is C55H90O6. The van der Waals surface area contributed by atoms with Gasteiger partial charge in [0.2, 0.25) is 0 Å². The molecular weight excluding hydrogens is 757 g/mol. The van der Waals surface area contributed by atoms with E-state index in [2.05, 4.69) is 57.2 Å². The number of carbonyl (C=O) groups excluding carboxylic acids is 3. The molecule has 0 aromatic heterocycles. The molecule has 0 rings (SSSR count). The zero-order valence-corrected chi connectivity index (χ0v) is 39.4. The van der Waals surface area contributed by atoms with E-state index in [1.165, 1.54) is 103 Å². The average molecular weight is 847 g/mol. The van der Waals surface area contributed by atoms with Gasteiger partial charge in [0.1, 0.15) is 13.2 Å². The van der Waals surface area contributed by atoms with E-state index in [4.69, 9.17) is 14.2 Å². The minimum atomic E-state index is -0.808. The fourth-order valence-corrected chi connectivity index (χ4v) is 6.47. The standard InChI is InChI=1S/C55H90O6/c1-4-7-10-13-16-19-21-23-25-27-29-31-33-36-39-42-45-48-54(57)60-51-52(50-59-53(56)47-44-41-38-35-18-15-12-9-6-3)61-55(58)49-46-43-40-37-34-32-30-28-26-24-22-20-17-14-11-8-5-2/h7,10,13,16,19,21,23-27,29,31,33,35,38,52H,4-6,8-9,11-12,14-15,17-18,20,22,28,30,32,34,36-37,39-51H2,1-3H3/b10-7-,16-13-,21-19-,25-23-,26-24-,29-27+,33-31-,38-35-. The summed E-state index contributed by atoms with van der Waals surface area (Å²) in [7, 11) is 0. The van der Waals surface area contributed by atoms with Gasteiger partial charge < -0.3 is 14.2 Å². The highest BCUT2D eigenvalue weighted by molar-refractivity contribution is 5.71. The molecule has 0 aliphatic rings. The van der Waals surface area contributed by atoms with E-state index in [-0.39, 0.29) is 31.1 Å². The third-order valence-corrected chi connectivity index (χ3v) is 10.2. The summed E-state index contributed by atoms with van der Waals surface area (Å²) >= 11 is 0. The Morgan fingerprint density at radius 2 is 0.672 bits per heavy atom. The van der Waals surface area contributed by atoms with Crippen molar-refractivity contribution in [2.45, 2.75) is 219 Å². The van der Waals surface area contributed by atoms with Crippen molar-refractivity contribution in [1.29, 1.82) is 0 Å². The molecule has 61 heavy (non-hydrogen) atoms. The second-order valence-electron chi connectivity index (χ2n) is 16.1. The van der Waals surface area contributed by atoms with Crippen molar-refractivity contribution in [2.24, 2.45) is 0 Å².